The Morgan fingerprint density at radius 1 is 1.36 bits per heavy atom. The van der Waals surface area contributed by atoms with E-state index in [1.807, 2.05) is 12.1 Å². The minimum Gasteiger partial charge on any atom is -0.465 e. The van der Waals surface area contributed by atoms with Crippen molar-refractivity contribution in [3.8, 4) is 6.07 Å². The van der Waals surface area contributed by atoms with Crippen molar-refractivity contribution in [2.75, 3.05) is 32.8 Å². The highest BCUT2D eigenvalue weighted by Gasteiger charge is 2.16. The molecule has 1 heterocycles. The Hall–Kier alpha value is -2.10. The highest BCUT2D eigenvalue weighted by atomic mass is 16.5. The summed E-state index contributed by atoms with van der Waals surface area (Å²) < 4.78 is 5.31. The van der Waals surface area contributed by atoms with Crippen LogP contribution in [0.4, 0.5) is 4.79 Å². The average Bonchev–Trinajstić information content (AvgIpc) is 2.54. The zero-order valence-electron chi connectivity index (χ0n) is 12.5. The molecule has 6 heteroatoms. The average molecular weight is 303 g/mol. The van der Waals surface area contributed by atoms with Crippen molar-refractivity contribution in [3.63, 3.8) is 0 Å². The topological polar surface area (TPSA) is 85.6 Å². The van der Waals surface area contributed by atoms with Crippen molar-refractivity contribution < 1.29 is 14.6 Å². The van der Waals surface area contributed by atoms with Crippen LogP contribution in [0.3, 0.4) is 0 Å². The summed E-state index contributed by atoms with van der Waals surface area (Å²) in [5.41, 5.74) is 1.64. The number of hydrogen-bond acceptors (Lipinski definition) is 4. The standard InChI is InChI=1S/C16H21N3O3/c17-12-14-3-1-13(2-4-14)11-15(18-16(20)21)5-6-19-7-9-22-10-8-19/h1-4,15,18H,5-11H2,(H,20,21). The molecule has 118 valence electrons. The zero-order valence-corrected chi connectivity index (χ0v) is 12.5. The Balaban J connectivity index is 1.89. The summed E-state index contributed by atoms with van der Waals surface area (Å²) in [6.45, 7) is 4.14. The van der Waals surface area contributed by atoms with Crippen molar-refractivity contribution >= 4 is 6.09 Å². The Kier molecular flexibility index (Phi) is 6.19. The SMILES string of the molecule is N#Cc1ccc(CC(CCN2CCOCC2)NC(=O)O)cc1. The molecule has 1 unspecified atom stereocenters. The first-order valence-corrected chi connectivity index (χ1v) is 7.46. The molecule has 1 aliphatic rings. The minimum atomic E-state index is -0.999. The molecule has 0 aromatic heterocycles. The fourth-order valence-corrected chi connectivity index (χ4v) is 2.56. The highest BCUT2D eigenvalue weighted by Crippen LogP contribution is 2.10. The normalized spacial score (nSPS) is 16.7. The molecule has 1 atom stereocenters. The van der Waals surface area contributed by atoms with Gasteiger partial charge in [-0.1, -0.05) is 12.1 Å². The molecule has 1 amide bonds. The van der Waals surface area contributed by atoms with Crippen molar-refractivity contribution in [1.82, 2.24) is 10.2 Å². The molecule has 1 aromatic rings. The predicted molar refractivity (Wildman–Crippen MR) is 81.7 cm³/mol. The van der Waals surface area contributed by atoms with Crippen molar-refractivity contribution in [2.24, 2.45) is 0 Å². The smallest absolute Gasteiger partial charge is 0.404 e. The monoisotopic (exact) mass is 303 g/mol. The van der Waals surface area contributed by atoms with E-state index in [1.165, 1.54) is 0 Å². The molecule has 0 spiro atoms. The van der Waals surface area contributed by atoms with Crippen LogP contribution in [0.2, 0.25) is 0 Å². The maximum Gasteiger partial charge on any atom is 0.404 e. The van der Waals surface area contributed by atoms with Crippen LogP contribution in [0.15, 0.2) is 24.3 Å². The number of benzene rings is 1. The lowest BCUT2D eigenvalue weighted by Gasteiger charge is -2.28. The number of carboxylic acid groups (broad SMARTS) is 1. The van der Waals surface area contributed by atoms with E-state index in [4.69, 9.17) is 15.1 Å². The van der Waals surface area contributed by atoms with Gasteiger partial charge in [-0.05, 0) is 30.5 Å². The van der Waals surface area contributed by atoms with E-state index < -0.39 is 6.09 Å². The molecule has 1 aliphatic heterocycles. The van der Waals surface area contributed by atoms with Gasteiger partial charge in [-0.3, -0.25) is 4.90 Å². The van der Waals surface area contributed by atoms with Crippen LogP contribution in [0.25, 0.3) is 0 Å². The number of nitrogens with one attached hydrogen (secondary N) is 1. The van der Waals surface area contributed by atoms with Gasteiger partial charge >= 0.3 is 6.09 Å². The van der Waals surface area contributed by atoms with Gasteiger partial charge in [0.25, 0.3) is 0 Å². The van der Waals surface area contributed by atoms with Gasteiger partial charge in [-0.15, -0.1) is 0 Å². The molecule has 1 saturated heterocycles. The summed E-state index contributed by atoms with van der Waals surface area (Å²) >= 11 is 0. The van der Waals surface area contributed by atoms with E-state index in [1.54, 1.807) is 12.1 Å². The van der Waals surface area contributed by atoms with Crippen LogP contribution in [-0.2, 0) is 11.2 Å². The molecule has 1 aromatic carbocycles. The number of nitrogens with zero attached hydrogens (tertiary/aromatic N) is 2. The number of nitriles is 1. The molecular formula is C16H21N3O3. The van der Waals surface area contributed by atoms with Crippen molar-refractivity contribution in [1.29, 1.82) is 5.26 Å². The third-order valence-corrected chi connectivity index (χ3v) is 3.79. The Morgan fingerprint density at radius 2 is 2.05 bits per heavy atom. The summed E-state index contributed by atoms with van der Waals surface area (Å²) in [6.07, 6.45) is 0.384. The number of rotatable bonds is 6. The lowest BCUT2D eigenvalue weighted by Crippen LogP contribution is -2.42. The lowest BCUT2D eigenvalue weighted by molar-refractivity contribution is 0.0361. The van der Waals surface area contributed by atoms with Crippen LogP contribution < -0.4 is 5.32 Å². The van der Waals surface area contributed by atoms with Gasteiger partial charge < -0.3 is 15.2 Å². The fraction of sp³-hybridized carbons (Fsp3) is 0.500. The molecule has 22 heavy (non-hydrogen) atoms. The summed E-state index contributed by atoms with van der Waals surface area (Å²) in [6, 6.07) is 9.22. The Labute approximate surface area is 130 Å². The summed E-state index contributed by atoms with van der Waals surface area (Å²) in [4.78, 5) is 13.3. The Morgan fingerprint density at radius 3 is 2.64 bits per heavy atom. The second-order valence-corrected chi connectivity index (χ2v) is 5.40. The van der Waals surface area contributed by atoms with Crippen LogP contribution >= 0.6 is 0 Å². The first-order chi connectivity index (χ1) is 10.7. The van der Waals surface area contributed by atoms with Crippen molar-refractivity contribution in [2.45, 2.75) is 18.9 Å². The molecule has 6 nitrogen and oxygen atoms in total. The van der Waals surface area contributed by atoms with Gasteiger partial charge in [0.2, 0.25) is 0 Å². The first-order valence-electron chi connectivity index (χ1n) is 7.46. The van der Waals surface area contributed by atoms with Gasteiger partial charge in [-0.2, -0.15) is 5.26 Å². The van der Waals surface area contributed by atoms with Crippen LogP contribution in [0.1, 0.15) is 17.5 Å². The fourth-order valence-electron chi connectivity index (χ4n) is 2.56. The number of carbonyl (C=O) groups is 1. The third kappa shape index (κ3) is 5.35. The quantitative estimate of drug-likeness (QED) is 0.831. The van der Waals surface area contributed by atoms with Gasteiger partial charge in [0.15, 0.2) is 0 Å². The van der Waals surface area contributed by atoms with E-state index in [-0.39, 0.29) is 6.04 Å². The van der Waals surface area contributed by atoms with E-state index in [0.29, 0.717) is 12.0 Å². The largest absolute Gasteiger partial charge is 0.465 e. The molecule has 0 bridgehead atoms. The van der Waals surface area contributed by atoms with E-state index in [9.17, 15) is 4.79 Å². The number of hydrogen-bond donors (Lipinski definition) is 2. The zero-order chi connectivity index (χ0) is 15.8. The maximum atomic E-state index is 11.0. The molecule has 2 rings (SSSR count). The number of ether oxygens (including phenoxy) is 1. The van der Waals surface area contributed by atoms with Gasteiger partial charge in [0.1, 0.15) is 0 Å². The van der Waals surface area contributed by atoms with Gasteiger partial charge in [0, 0.05) is 25.7 Å². The summed E-state index contributed by atoms with van der Waals surface area (Å²) in [5.74, 6) is 0. The first kappa shape index (κ1) is 16.3. The minimum absolute atomic E-state index is 0.131. The number of morpholine rings is 1. The molecule has 2 N–H and O–H groups in total. The van der Waals surface area contributed by atoms with Crippen LogP contribution in [-0.4, -0.2) is 55.0 Å². The van der Waals surface area contributed by atoms with E-state index >= 15 is 0 Å². The maximum absolute atomic E-state index is 11.0. The summed E-state index contributed by atoms with van der Waals surface area (Å²) in [7, 11) is 0. The lowest BCUT2D eigenvalue weighted by atomic mass is 10.0. The van der Waals surface area contributed by atoms with Gasteiger partial charge in [-0.25, -0.2) is 4.79 Å². The third-order valence-electron chi connectivity index (χ3n) is 3.79. The number of amides is 1. The van der Waals surface area contributed by atoms with Crippen molar-refractivity contribution in [3.05, 3.63) is 35.4 Å². The molecule has 0 radical (unpaired) electrons. The van der Waals surface area contributed by atoms with E-state index in [2.05, 4.69) is 16.3 Å². The highest BCUT2D eigenvalue weighted by molar-refractivity contribution is 5.64. The molecular weight excluding hydrogens is 282 g/mol. The molecule has 1 fully saturated rings. The second-order valence-electron chi connectivity index (χ2n) is 5.40. The second kappa shape index (κ2) is 8.37. The summed E-state index contributed by atoms with van der Waals surface area (Å²) in [5, 5.41) is 20.4. The van der Waals surface area contributed by atoms with E-state index in [0.717, 1.165) is 44.8 Å². The molecule has 0 saturated carbocycles. The van der Waals surface area contributed by atoms with Crippen LogP contribution in [0.5, 0.6) is 0 Å². The van der Waals surface area contributed by atoms with Gasteiger partial charge in [0.05, 0.1) is 24.8 Å². The molecule has 0 aliphatic carbocycles. The Bertz CT molecular complexity index is 518. The predicted octanol–water partition coefficient (Wildman–Crippen LogP) is 1.46. The van der Waals surface area contributed by atoms with Crippen LogP contribution in [0, 0.1) is 11.3 Å².